The number of aryl methyl sites for hydroxylation is 8. The summed E-state index contributed by atoms with van der Waals surface area (Å²) < 4.78 is 0. The molecule has 0 aliphatic heterocycles. The summed E-state index contributed by atoms with van der Waals surface area (Å²) in [6, 6.07) is 103. The fourth-order valence-electron chi connectivity index (χ4n) is 12.1. The van der Waals surface area contributed by atoms with Gasteiger partial charge in [-0.15, -0.1) is 0 Å². The van der Waals surface area contributed by atoms with E-state index >= 15 is 0 Å². The Bertz CT molecular complexity index is 4130. The fraction of sp³-hybridized carbons (Fsp3) is 0.0976. The third kappa shape index (κ3) is 11.0. The lowest BCUT2D eigenvalue weighted by Crippen LogP contribution is -2.12. The average molecular weight is 1110 g/mol. The van der Waals surface area contributed by atoms with E-state index in [4.69, 9.17) is 0 Å². The molecule has 4 nitrogen and oxygen atoms in total. The molecule has 86 heavy (non-hydrogen) atoms. The molecule has 0 aliphatic carbocycles. The van der Waals surface area contributed by atoms with E-state index in [9.17, 15) is 0 Å². The smallest absolute Gasteiger partial charge is 0.0463 e. The number of nitrogens with zero attached hydrogens (tertiary/aromatic N) is 4. The molecular weight excluding hydrogens is 1040 g/mol. The number of hydrogen-bond acceptors (Lipinski definition) is 4. The molecule has 13 rings (SSSR count). The van der Waals surface area contributed by atoms with Gasteiger partial charge in [-0.2, -0.15) is 0 Å². The number of benzene rings is 13. The van der Waals surface area contributed by atoms with Gasteiger partial charge in [-0.25, -0.2) is 0 Å². The van der Waals surface area contributed by atoms with Crippen molar-refractivity contribution >= 4 is 89.8 Å². The van der Waals surface area contributed by atoms with Gasteiger partial charge in [0, 0.05) is 68.2 Å². The second-order valence-electron chi connectivity index (χ2n) is 23.3. The third-order valence-corrected chi connectivity index (χ3v) is 16.7. The highest BCUT2D eigenvalue weighted by atomic mass is 15.2. The first-order valence-corrected chi connectivity index (χ1v) is 29.9. The minimum absolute atomic E-state index is 1.07. The molecule has 13 aromatic carbocycles. The van der Waals surface area contributed by atoms with Crippen LogP contribution < -0.4 is 19.6 Å². The Balaban J connectivity index is 0.908. The maximum Gasteiger partial charge on any atom is 0.0463 e. The van der Waals surface area contributed by atoms with Crippen LogP contribution in [0.25, 0.3) is 43.8 Å². The van der Waals surface area contributed by atoms with E-state index in [0.717, 1.165) is 79.4 Å². The zero-order valence-corrected chi connectivity index (χ0v) is 50.3. The van der Waals surface area contributed by atoms with Crippen LogP contribution >= 0.6 is 0 Å². The Labute approximate surface area is 507 Å². The molecule has 0 saturated carbocycles. The van der Waals surface area contributed by atoms with E-state index in [1.165, 1.54) is 77.2 Å². The van der Waals surface area contributed by atoms with Gasteiger partial charge in [-0.05, 0) is 245 Å². The summed E-state index contributed by atoms with van der Waals surface area (Å²) in [7, 11) is 0. The van der Waals surface area contributed by atoms with E-state index in [-0.39, 0.29) is 0 Å². The van der Waals surface area contributed by atoms with Crippen molar-refractivity contribution < 1.29 is 0 Å². The van der Waals surface area contributed by atoms with Crippen molar-refractivity contribution in [2.75, 3.05) is 19.6 Å². The molecule has 0 atom stereocenters. The summed E-state index contributed by atoms with van der Waals surface area (Å²) in [4.78, 5) is 9.42. The molecule has 4 heteroatoms. The fourth-order valence-corrected chi connectivity index (χ4v) is 12.1. The van der Waals surface area contributed by atoms with Crippen LogP contribution in [0.15, 0.2) is 279 Å². The molecule has 0 radical (unpaired) electrons. The maximum atomic E-state index is 2.38. The van der Waals surface area contributed by atoms with E-state index in [0.29, 0.717) is 0 Å². The van der Waals surface area contributed by atoms with Gasteiger partial charge in [0.1, 0.15) is 0 Å². The van der Waals surface area contributed by atoms with Gasteiger partial charge in [0.05, 0.1) is 0 Å². The average Bonchev–Trinajstić information content (AvgIpc) is 0.837. The zero-order valence-electron chi connectivity index (χ0n) is 50.3. The van der Waals surface area contributed by atoms with Crippen LogP contribution in [0, 0.1) is 55.4 Å². The predicted molar refractivity (Wildman–Crippen MR) is 369 cm³/mol. The predicted octanol–water partition coefficient (Wildman–Crippen LogP) is 23.7. The minimum Gasteiger partial charge on any atom is -0.311 e. The van der Waals surface area contributed by atoms with Crippen molar-refractivity contribution in [3.63, 3.8) is 0 Å². The van der Waals surface area contributed by atoms with Crippen molar-refractivity contribution in [2.24, 2.45) is 0 Å². The van der Waals surface area contributed by atoms with Crippen LogP contribution in [0.2, 0.25) is 0 Å². The van der Waals surface area contributed by atoms with Crippen LogP contribution in [0.5, 0.6) is 0 Å². The van der Waals surface area contributed by atoms with E-state index in [1.807, 2.05) is 0 Å². The van der Waals surface area contributed by atoms with Gasteiger partial charge in [0.2, 0.25) is 0 Å². The summed E-state index contributed by atoms with van der Waals surface area (Å²) in [5, 5.41) is 4.96. The molecule has 0 aliphatic rings. The molecule has 0 heterocycles. The minimum atomic E-state index is 1.07. The van der Waals surface area contributed by atoms with Crippen molar-refractivity contribution in [3.8, 4) is 22.3 Å². The molecule has 0 amide bonds. The summed E-state index contributed by atoms with van der Waals surface area (Å²) in [5.41, 5.74) is 27.7. The van der Waals surface area contributed by atoms with Crippen molar-refractivity contribution in [2.45, 2.75) is 55.4 Å². The second-order valence-corrected chi connectivity index (χ2v) is 23.3. The van der Waals surface area contributed by atoms with Crippen molar-refractivity contribution in [1.29, 1.82) is 0 Å². The van der Waals surface area contributed by atoms with Gasteiger partial charge < -0.3 is 19.6 Å². The number of fused-ring (bicyclic) bond motifs is 3. The first-order chi connectivity index (χ1) is 41.9. The standard InChI is InChI=1S/C82H70N4/c1-55-9-27-65(28-10-55)83(66-29-11-56(2)12-30-66)73-43-47-75(48-44-73)85(69-35-17-59(5)18-36-69)71-39-23-63(24-40-71)81-79-53-61(7)21-51-77(79)78-52-22-62(8)54-80(78)82(81)64-25-41-72(42-26-64)86(70-37-19-60(6)20-38-70)76-49-45-74(46-50-76)84(67-31-13-57(3)14-32-67)68-33-15-58(4)16-34-68/h9-54H,1-8H3. The molecule has 0 saturated heterocycles. The second kappa shape index (κ2) is 23.3. The Morgan fingerprint density at radius 3 is 0.488 bits per heavy atom. The number of anilines is 12. The van der Waals surface area contributed by atoms with Gasteiger partial charge in [-0.1, -0.05) is 178 Å². The third-order valence-electron chi connectivity index (χ3n) is 16.7. The lowest BCUT2D eigenvalue weighted by atomic mass is 9.84. The topological polar surface area (TPSA) is 13.0 Å². The molecule has 0 bridgehead atoms. The van der Waals surface area contributed by atoms with Crippen molar-refractivity contribution in [3.05, 3.63) is 324 Å². The SMILES string of the molecule is Cc1ccc(N(c2ccc(C)cc2)c2ccc(N(c3ccc(C)cc3)c3ccc(-c4c(-c5ccc(N(c6ccc(C)cc6)c6ccc(N(c7ccc(C)cc7)c7ccc(C)cc7)cc6)cc5)c5cc(C)ccc5c5ccc(C)cc45)cc3)cc2)cc1. The highest BCUT2D eigenvalue weighted by Crippen LogP contribution is 2.48. The highest BCUT2D eigenvalue weighted by Gasteiger charge is 2.23. The number of rotatable bonds is 14. The summed E-state index contributed by atoms with van der Waals surface area (Å²) >= 11 is 0. The van der Waals surface area contributed by atoms with E-state index in [2.05, 4.69) is 354 Å². The highest BCUT2D eigenvalue weighted by molar-refractivity contribution is 6.22. The molecule has 0 aromatic heterocycles. The quantitative estimate of drug-likeness (QED) is 0.101. The molecular formula is C82H70N4. The van der Waals surface area contributed by atoms with Gasteiger partial charge in [-0.3, -0.25) is 0 Å². The Morgan fingerprint density at radius 1 is 0.151 bits per heavy atom. The van der Waals surface area contributed by atoms with Gasteiger partial charge in [0.15, 0.2) is 0 Å². The largest absolute Gasteiger partial charge is 0.311 e. The monoisotopic (exact) mass is 1110 g/mol. The van der Waals surface area contributed by atoms with Gasteiger partial charge >= 0.3 is 0 Å². The van der Waals surface area contributed by atoms with Gasteiger partial charge in [0.25, 0.3) is 0 Å². The summed E-state index contributed by atoms with van der Waals surface area (Å²) in [6.07, 6.45) is 0. The summed E-state index contributed by atoms with van der Waals surface area (Å²) in [6.45, 7) is 17.3. The zero-order chi connectivity index (χ0) is 59.0. The van der Waals surface area contributed by atoms with Crippen LogP contribution in [0.1, 0.15) is 44.5 Å². The van der Waals surface area contributed by atoms with Crippen LogP contribution in [0.3, 0.4) is 0 Å². The molecule has 418 valence electrons. The van der Waals surface area contributed by atoms with E-state index < -0.39 is 0 Å². The Morgan fingerprint density at radius 2 is 0.302 bits per heavy atom. The molecule has 13 aromatic rings. The summed E-state index contributed by atoms with van der Waals surface area (Å²) in [5.74, 6) is 0. The number of hydrogen-bond donors (Lipinski definition) is 0. The van der Waals surface area contributed by atoms with Crippen LogP contribution in [-0.4, -0.2) is 0 Å². The normalized spacial score (nSPS) is 11.3. The molecule has 0 N–H and O–H groups in total. The Kier molecular flexibility index (Phi) is 14.9. The van der Waals surface area contributed by atoms with Crippen molar-refractivity contribution in [1.82, 2.24) is 0 Å². The lowest BCUT2D eigenvalue weighted by Gasteiger charge is -2.29. The molecule has 0 fully saturated rings. The first-order valence-electron chi connectivity index (χ1n) is 29.9. The van der Waals surface area contributed by atoms with Crippen LogP contribution in [-0.2, 0) is 0 Å². The van der Waals surface area contributed by atoms with Crippen LogP contribution in [0.4, 0.5) is 68.2 Å². The van der Waals surface area contributed by atoms with E-state index in [1.54, 1.807) is 0 Å². The molecule has 0 spiro atoms. The molecule has 0 unspecified atom stereocenters. The first kappa shape index (κ1) is 54.8. The Hall–Kier alpha value is -10.4. The lowest BCUT2D eigenvalue weighted by molar-refractivity contribution is 1.25. The maximum absolute atomic E-state index is 2.38.